The molecule has 0 amide bonds. The number of nitrogens with zero attached hydrogens (tertiary/aromatic N) is 1. The summed E-state index contributed by atoms with van der Waals surface area (Å²) in [6.07, 6.45) is 1.04. The van der Waals surface area contributed by atoms with Crippen LogP contribution in [0.15, 0.2) is 36.5 Å². The van der Waals surface area contributed by atoms with E-state index in [2.05, 4.69) is 4.98 Å². The van der Waals surface area contributed by atoms with Gasteiger partial charge in [-0.3, -0.25) is 0 Å². The van der Waals surface area contributed by atoms with E-state index in [1.165, 1.54) is 11.3 Å². The van der Waals surface area contributed by atoms with Crippen molar-refractivity contribution in [2.24, 2.45) is 0 Å². The molecule has 0 saturated heterocycles. The number of thiazole rings is 1. The van der Waals surface area contributed by atoms with Crippen molar-refractivity contribution in [3.8, 4) is 5.19 Å². The van der Waals surface area contributed by atoms with Gasteiger partial charge < -0.3 is 9.84 Å². The quantitative estimate of drug-likeness (QED) is 0.885. The van der Waals surface area contributed by atoms with Crippen molar-refractivity contribution < 1.29 is 9.84 Å². The number of rotatable bonds is 4. The van der Waals surface area contributed by atoms with Crippen LogP contribution in [-0.2, 0) is 0 Å². The second-order valence-electron chi connectivity index (χ2n) is 3.27. The van der Waals surface area contributed by atoms with Crippen LogP contribution in [-0.4, -0.2) is 16.7 Å². The van der Waals surface area contributed by atoms with Crippen LogP contribution in [0.2, 0.25) is 0 Å². The van der Waals surface area contributed by atoms with E-state index in [1.54, 1.807) is 6.20 Å². The molecule has 1 atom stereocenters. The average Bonchev–Trinajstić information content (AvgIpc) is 2.78. The van der Waals surface area contributed by atoms with E-state index in [4.69, 9.17) is 4.74 Å². The third kappa shape index (κ3) is 2.40. The maximum atomic E-state index is 10.1. The van der Waals surface area contributed by atoms with Crippen LogP contribution in [0.1, 0.15) is 23.5 Å². The lowest BCUT2D eigenvalue weighted by molar-refractivity contribution is 0.224. The Labute approximate surface area is 98.4 Å². The highest BCUT2D eigenvalue weighted by Crippen LogP contribution is 2.30. The van der Waals surface area contributed by atoms with Crippen molar-refractivity contribution >= 4 is 11.3 Å². The van der Waals surface area contributed by atoms with Gasteiger partial charge in [0.05, 0.1) is 11.5 Å². The van der Waals surface area contributed by atoms with Crippen LogP contribution in [0.4, 0.5) is 0 Å². The van der Waals surface area contributed by atoms with Gasteiger partial charge in [-0.2, -0.15) is 0 Å². The summed E-state index contributed by atoms with van der Waals surface area (Å²) in [5.41, 5.74) is 0.870. The Morgan fingerprint density at radius 3 is 2.81 bits per heavy atom. The molecule has 1 N–H and O–H groups in total. The summed E-state index contributed by atoms with van der Waals surface area (Å²) in [7, 11) is 0. The van der Waals surface area contributed by atoms with Crippen molar-refractivity contribution in [2.45, 2.75) is 13.0 Å². The van der Waals surface area contributed by atoms with E-state index < -0.39 is 6.10 Å². The van der Waals surface area contributed by atoms with E-state index in [0.717, 1.165) is 10.4 Å². The second kappa shape index (κ2) is 5.09. The molecule has 0 spiro atoms. The first-order valence-corrected chi connectivity index (χ1v) is 5.94. The van der Waals surface area contributed by atoms with Crippen LogP contribution >= 0.6 is 11.3 Å². The van der Waals surface area contributed by atoms with E-state index in [1.807, 2.05) is 37.3 Å². The van der Waals surface area contributed by atoms with Crippen molar-refractivity contribution in [3.05, 3.63) is 47.0 Å². The van der Waals surface area contributed by atoms with Gasteiger partial charge in [0.25, 0.3) is 5.19 Å². The Hall–Kier alpha value is -1.39. The summed E-state index contributed by atoms with van der Waals surface area (Å²) in [4.78, 5) is 4.89. The molecule has 0 fully saturated rings. The van der Waals surface area contributed by atoms with Gasteiger partial charge in [-0.05, 0) is 12.5 Å². The predicted octanol–water partition coefficient (Wildman–Crippen LogP) is 2.62. The minimum Gasteiger partial charge on any atom is -0.470 e. The molecule has 1 unspecified atom stereocenters. The third-order valence-corrected chi connectivity index (χ3v) is 3.12. The molecular formula is C12H13NO2S. The molecule has 2 aromatic rings. The number of ether oxygens (including phenoxy) is 1. The molecule has 0 aliphatic carbocycles. The van der Waals surface area contributed by atoms with Crippen LogP contribution in [0.5, 0.6) is 5.19 Å². The molecule has 2 rings (SSSR count). The molecule has 4 heteroatoms. The fourth-order valence-electron chi connectivity index (χ4n) is 1.39. The third-order valence-electron chi connectivity index (χ3n) is 2.15. The first kappa shape index (κ1) is 11.1. The van der Waals surface area contributed by atoms with Crippen molar-refractivity contribution in [3.63, 3.8) is 0 Å². The molecule has 3 nitrogen and oxygen atoms in total. The first-order chi connectivity index (χ1) is 7.81. The largest absolute Gasteiger partial charge is 0.470 e. The summed E-state index contributed by atoms with van der Waals surface area (Å²) in [6, 6.07) is 9.52. The van der Waals surface area contributed by atoms with Gasteiger partial charge in [0.15, 0.2) is 0 Å². The van der Waals surface area contributed by atoms with Crippen molar-refractivity contribution in [1.29, 1.82) is 0 Å². The minimum absolute atomic E-state index is 0.592. The lowest BCUT2D eigenvalue weighted by Gasteiger charge is -2.07. The normalized spacial score (nSPS) is 12.4. The van der Waals surface area contributed by atoms with Crippen LogP contribution < -0.4 is 4.74 Å². The second-order valence-corrected chi connectivity index (χ2v) is 4.30. The van der Waals surface area contributed by atoms with Crippen LogP contribution in [0.3, 0.4) is 0 Å². The molecule has 0 saturated carbocycles. The monoisotopic (exact) mass is 235 g/mol. The number of aliphatic hydroxyl groups is 1. The van der Waals surface area contributed by atoms with Gasteiger partial charge in [0, 0.05) is 6.20 Å². The fraction of sp³-hybridized carbons (Fsp3) is 0.250. The zero-order valence-electron chi connectivity index (χ0n) is 8.96. The Bertz CT molecular complexity index is 441. The first-order valence-electron chi connectivity index (χ1n) is 5.12. The molecule has 16 heavy (non-hydrogen) atoms. The zero-order chi connectivity index (χ0) is 11.4. The summed E-state index contributed by atoms with van der Waals surface area (Å²) < 4.78 is 5.27. The lowest BCUT2D eigenvalue weighted by atomic mass is 10.1. The lowest BCUT2D eigenvalue weighted by Crippen LogP contribution is -1.95. The van der Waals surface area contributed by atoms with Crippen LogP contribution in [0, 0.1) is 0 Å². The molecule has 0 radical (unpaired) electrons. The van der Waals surface area contributed by atoms with Gasteiger partial charge in [0.1, 0.15) is 6.10 Å². The maximum absolute atomic E-state index is 10.1. The van der Waals surface area contributed by atoms with Gasteiger partial charge >= 0.3 is 0 Å². The highest BCUT2D eigenvalue weighted by Gasteiger charge is 2.13. The van der Waals surface area contributed by atoms with Gasteiger partial charge in [-0.1, -0.05) is 41.7 Å². The van der Waals surface area contributed by atoms with E-state index in [0.29, 0.717) is 11.8 Å². The topological polar surface area (TPSA) is 42.4 Å². The molecule has 1 aromatic heterocycles. The summed E-state index contributed by atoms with van der Waals surface area (Å²) >= 11 is 1.38. The predicted molar refractivity (Wildman–Crippen MR) is 63.8 cm³/mol. The molecule has 1 heterocycles. The Balaban J connectivity index is 2.17. The van der Waals surface area contributed by atoms with Crippen molar-refractivity contribution in [1.82, 2.24) is 4.98 Å². The molecule has 1 aromatic carbocycles. The van der Waals surface area contributed by atoms with Gasteiger partial charge in [-0.15, -0.1) is 0 Å². The van der Waals surface area contributed by atoms with E-state index >= 15 is 0 Å². The number of benzene rings is 1. The zero-order valence-corrected chi connectivity index (χ0v) is 9.78. The summed E-state index contributed by atoms with van der Waals surface area (Å²) in [5, 5.41) is 10.7. The molecule has 84 valence electrons. The Morgan fingerprint density at radius 1 is 1.38 bits per heavy atom. The Kier molecular flexibility index (Phi) is 3.54. The Morgan fingerprint density at radius 2 is 2.12 bits per heavy atom. The smallest absolute Gasteiger partial charge is 0.273 e. The summed E-state index contributed by atoms with van der Waals surface area (Å²) in [5.74, 6) is 0. The highest BCUT2D eigenvalue weighted by atomic mass is 32.1. The highest BCUT2D eigenvalue weighted by molar-refractivity contribution is 7.13. The molecule has 0 aliphatic heterocycles. The van der Waals surface area contributed by atoms with E-state index in [9.17, 15) is 5.11 Å². The number of hydrogen-bond donors (Lipinski definition) is 1. The minimum atomic E-state index is -0.618. The molecule has 0 bridgehead atoms. The van der Waals surface area contributed by atoms with Crippen molar-refractivity contribution in [2.75, 3.05) is 6.61 Å². The number of aliphatic hydroxyl groups excluding tert-OH is 1. The number of hydrogen-bond acceptors (Lipinski definition) is 4. The standard InChI is InChI=1S/C12H13NO2S/c1-2-15-12-13-8-10(16-12)11(14)9-6-4-3-5-7-9/h3-8,11,14H,2H2,1H3. The fourth-order valence-corrected chi connectivity index (χ4v) is 2.22. The average molecular weight is 235 g/mol. The number of aromatic nitrogens is 1. The van der Waals surface area contributed by atoms with E-state index in [-0.39, 0.29) is 0 Å². The van der Waals surface area contributed by atoms with Crippen LogP contribution in [0.25, 0.3) is 0 Å². The molecular weight excluding hydrogens is 222 g/mol. The SMILES string of the molecule is CCOc1ncc(C(O)c2ccccc2)s1. The molecule has 0 aliphatic rings. The maximum Gasteiger partial charge on any atom is 0.273 e. The van der Waals surface area contributed by atoms with Gasteiger partial charge in [-0.25, -0.2) is 4.98 Å². The summed E-state index contributed by atoms with van der Waals surface area (Å²) in [6.45, 7) is 2.50. The van der Waals surface area contributed by atoms with Gasteiger partial charge in [0.2, 0.25) is 0 Å².